The molecular formula is C15H25N5O. The maximum atomic E-state index is 12.2. The molecule has 0 saturated carbocycles. The summed E-state index contributed by atoms with van der Waals surface area (Å²) in [4.78, 5) is 24.8. The Morgan fingerprint density at radius 1 is 1.33 bits per heavy atom. The fourth-order valence-electron chi connectivity index (χ4n) is 2.33. The van der Waals surface area contributed by atoms with Gasteiger partial charge in [0.05, 0.1) is 6.54 Å². The zero-order valence-corrected chi connectivity index (χ0v) is 13.4. The van der Waals surface area contributed by atoms with Crippen LogP contribution in [-0.2, 0) is 10.2 Å². The Kier molecular flexibility index (Phi) is 4.34. The van der Waals surface area contributed by atoms with Gasteiger partial charge in [-0.1, -0.05) is 20.8 Å². The van der Waals surface area contributed by atoms with E-state index in [1.165, 1.54) is 0 Å². The van der Waals surface area contributed by atoms with E-state index in [1.807, 2.05) is 37.6 Å². The van der Waals surface area contributed by atoms with Gasteiger partial charge < -0.3 is 15.5 Å². The van der Waals surface area contributed by atoms with Crippen LogP contribution < -0.4 is 10.6 Å². The van der Waals surface area contributed by atoms with E-state index in [0.29, 0.717) is 24.0 Å². The lowest BCUT2D eigenvalue weighted by Gasteiger charge is -2.24. The molecule has 1 amide bonds. The highest BCUT2D eigenvalue weighted by atomic mass is 16.2. The largest absolute Gasteiger partial charge is 0.384 e. The van der Waals surface area contributed by atoms with Gasteiger partial charge in [0.25, 0.3) is 0 Å². The van der Waals surface area contributed by atoms with Gasteiger partial charge in [0.1, 0.15) is 17.5 Å². The van der Waals surface area contributed by atoms with Gasteiger partial charge in [-0.2, -0.15) is 0 Å². The summed E-state index contributed by atoms with van der Waals surface area (Å²) in [5, 5.41) is 0. The topological polar surface area (TPSA) is 75.4 Å². The van der Waals surface area contributed by atoms with Crippen molar-refractivity contribution < 1.29 is 4.79 Å². The molecule has 0 radical (unpaired) electrons. The number of hydrogen-bond donors (Lipinski definition) is 1. The molecule has 2 N–H and O–H groups in total. The summed E-state index contributed by atoms with van der Waals surface area (Å²) in [6, 6.07) is 1.71. The van der Waals surface area contributed by atoms with E-state index in [1.54, 1.807) is 6.07 Å². The van der Waals surface area contributed by atoms with Gasteiger partial charge in [-0.05, 0) is 12.8 Å². The lowest BCUT2D eigenvalue weighted by atomic mass is 9.96. The molecule has 0 aromatic carbocycles. The first kappa shape index (κ1) is 15.5. The number of nitrogens with zero attached hydrogens (tertiary/aromatic N) is 4. The summed E-state index contributed by atoms with van der Waals surface area (Å²) in [5.74, 6) is 1.97. The van der Waals surface area contributed by atoms with Crippen LogP contribution in [0.4, 0.5) is 11.6 Å². The maximum Gasteiger partial charge on any atom is 0.242 e. The molecule has 116 valence electrons. The summed E-state index contributed by atoms with van der Waals surface area (Å²) < 4.78 is 0. The van der Waals surface area contributed by atoms with E-state index < -0.39 is 0 Å². The molecule has 1 aromatic rings. The quantitative estimate of drug-likeness (QED) is 0.911. The monoisotopic (exact) mass is 291 g/mol. The number of carbonyl (C=O) groups is 1. The van der Waals surface area contributed by atoms with Crippen LogP contribution in [-0.4, -0.2) is 47.5 Å². The smallest absolute Gasteiger partial charge is 0.242 e. The number of likely N-dealkylation sites (N-methyl/N-ethyl adjacent to an activating group) is 1. The molecule has 0 aliphatic carbocycles. The van der Waals surface area contributed by atoms with E-state index in [4.69, 9.17) is 5.73 Å². The summed E-state index contributed by atoms with van der Waals surface area (Å²) in [5.41, 5.74) is 5.70. The Balaban J connectivity index is 2.13. The molecule has 1 aromatic heterocycles. The third-order valence-electron chi connectivity index (χ3n) is 3.63. The van der Waals surface area contributed by atoms with Gasteiger partial charge in [-0.3, -0.25) is 4.79 Å². The number of aromatic nitrogens is 2. The maximum absolute atomic E-state index is 12.2. The molecule has 6 heteroatoms. The highest BCUT2D eigenvalue weighted by Gasteiger charge is 2.22. The first-order chi connectivity index (χ1) is 9.77. The number of nitrogen functional groups attached to an aromatic ring is 1. The average molecular weight is 291 g/mol. The average Bonchev–Trinajstić information content (AvgIpc) is 2.90. The second-order valence-electron chi connectivity index (χ2n) is 6.67. The van der Waals surface area contributed by atoms with Gasteiger partial charge >= 0.3 is 0 Å². The molecule has 1 aliphatic rings. The standard InChI is InChI=1S/C15H25N5O/c1-15(2,3)14-17-11(16)9-12(18-14)19(4)10-13(21)20-7-5-6-8-20/h9H,5-8,10H2,1-4H3,(H2,16,17,18). The molecule has 1 fully saturated rings. The number of carbonyl (C=O) groups excluding carboxylic acids is 1. The highest BCUT2D eigenvalue weighted by Crippen LogP contribution is 2.22. The molecule has 1 aliphatic heterocycles. The summed E-state index contributed by atoms with van der Waals surface area (Å²) >= 11 is 0. The van der Waals surface area contributed by atoms with E-state index in [-0.39, 0.29) is 11.3 Å². The predicted molar refractivity (Wildman–Crippen MR) is 84.2 cm³/mol. The predicted octanol–water partition coefficient (Wildman–Crippen LogP) is 1.41. The fraction of sp³-hybridized carbons (Fsp3) is 0.667. The van der Waals surface area contributed by atoms with Crippen LogP contribution in [0.15, 0.2) is 6.07 Å². The Hall–Kier alpha value is -1.85. The Labute approximate surface area is 126 Å². The van der Waals surface area contributed by atoms with Gasteiger partial charge in [0.15, 0.2) is 0 Å². The zero-order valence-electron chi connectivity index (χ0n) is 13.4. The van der Waals surface area contributed by atoms with Crippen molar-refractivity contribution >= 4 is 17.5 Å². The normalized spacial score (nSPS) is 15.3. The molecule has 0 spiro atoms. The Morgan fingerprint density at radius 2 is 1.95 bits per heavy atom. The third-order valence-corrected chi connectivity index (χ3v) is 3.63. The molecule has 6 nitrogen and oxygen atoms in total. The van der Waals surface area contributed by atoms with Crippen LogP contribution >= 0.6 is 0 Å². The van der Waals surface area contributed by atoms with Crippen molar-refractivity contribution in [3.05, 3.63) is 11.9 Å². The minimum Gasteiger partial charge on any atom is -0.384 e. The van der Waals surface area contributed by atoms with Crippen LogP contribution in [0.3, 0.4) is 0 Å². The lowest BCUT2D eigenvalue weighted by molar-refractivity contribution is -0.128. The molecular weight excluding hydrogens is 266 g/mol. The number of anilines is 2. The Morgan fingerprint density at radius 3 is 2.52 bits per heavy atom. The van der Waals surface area contributed by atoms with Crippen molar-refractivity contribution in [2.24, 2.45) is 0 Å². The van der Waals surface area contributed by atoms with E-state index >= 15 is 0 Å². The van der Waals surface area contributed by atoms with E-state index in [9.17, 15) is 4.79 Å². The molecule has 0 bridgehead atoms. The van der Waals surface area contributed by atoms with Crippen molar-refractivity contribution in [3.8, 4) is 0 Å². The van der Waals surface area contributed by atoms with Gasteiger partial charge in [-0.15, -0.1) is 0 Å². The van der Waals surface area contributed by atoms with Crippen LogP contribution in [0.1, 0.15) is 39.4 Å². The summed E-state index contributed by atoms with van der Waals surface area (Å²) in [6.07, 6.45) is 2.20. The van der Waals surface area contributed by atoms with Crippen LogP contribution in [0.5, 0.6) is 0 Å². The van der Waals surface area contributed by atoms with Crippen molar-refractivity contribution in [1.29, 1.82) is 0 Å². The summed E-state index contributed by atoms with van der Waals surface area (Å²) in [6.45, 7) is 8.18. The lowest BCUT2D eigenvalue weighted by Crippen LogP contribution is -2.37. The van der Waals surface area contributed by atoms with Crippen molar-refractivity contribution in [2.75, 3.05) is 37.3 Å². The van der Waals surface area contributed by atoms with Crippen molar-refractivity contribution in [2.45, 2.75) is 39.0 Å². The van der Waals surface area contributed by atoms with Crippen LogP contribution in [0.25, 0.3) is 0 Å². The number of nitrogens with two attached hydrogens (primary N) is 1. The molecule has 2 rings (SSSR count). The molecule has 1 saturated heterocycles. The zero-order chi connectivity index (χ0) is 15.6. The fourth-order valence-corrected chi connectivity index (χ4v) is 2.33. The van der Waals surface area contributed by atoms with Crippen molar-refractivity contribution in [1.82, 2.24) is 14.9 Å². The first-order valence-corrected chi connectivity index (χ1v) is 7.41. The van der Waals surface area contributed by atoms with Crippen LogP contribution in [0.2, 0.25) is 0 Å². The number of hydrogen-bond acceptors (Lipinski definition) is 5. The minimum absolute atomic E-state index is 0.143. The van der Waals surface area contributed by atoms with Crippen molar-refractivity contribution in [3.63, 3.8) is 0 Å². The highest BCUT2D eigenvalue weighted by molar-refractivity contribution is 5.81. The van der Waals surface area contributed by atoms with Crippen LogP contribution in [0, 0.1) is 0 Å². The second kappa shape index (κ2) is 5.87. The first-order valence-electron chi connectivity index (χ1n) is 7.41. The third kappa shape index (κ3) is 3.83. The van der Waals surface area contributed by atoms with E-state index in [0.717, 1.165) is 25.9 Å². The number of amides is 1. The molecule has 0 unspecified atom stereocenters. The summed E-state index contributed by atoms with van der Waals surface area (Å²) in [7, 11) is 1.86. The van der Waals surface area contributed by atoms with Gasteiger partial charge in [0.2, 0.25) is 5.91 Å². The SMILES string of the molecule is CN(CC(=O)N1CCCC1)c1cc(N)nc(C(C)(C)C)n1. The van der Waals surface area contributed by atoms with Gasteiger partial charge in [-0.25, -0.2) is 9.97 Å². The van der Waals surface area contributed by atoms with E-state index in [2.05, 4.69) is 9.97 Å². The minimum atomic E-state index is -0.177. The molecule has 21 heavy (non-hydrogen) atoms. The number of likely N-dealkylation sites (tertiary alicyclic amines) is 1. The molecule has 2 heterocycles. The number of rotatable bonds is 3. The van der Waals surface area contributed by atoms with Gasteiger partial charge in [0, 0.05) is 31.6 Å². The Bertz CT molecular complexity index is 517. The molecule has 0 atom stereocenters. The second-order valence-corrected chi connectivity index (χ2v) is 6.67.